The summed E-state index contributed by atoms with van der Waals surface area (Å²) in [5.41, 5.74) is 9.00. The average molecular weight is 468 g/mol. The van der Waals surface area contributed by atoms with Gasteiger partial charge in [0.2, 0.25) is 0 Å². The molecule has 0 radical (unpaired) electrons. The molecular weight excluding hydrogens is 434 g/mol. The van der Waals surface area contributed by atoms with Crippen LogP contribution in [0.4, 0.5) is 11.6 Å². The van der Waals surface area contributed by atoms with Crippen LogP contribution in [0.5, 0.6) is 0 Å². The summed E-state index contributed by atoms with van der Waals surface area (Å²) in [5.74, 6) is 2.21. The molecule has 2 saturated heterocycles. The number of thiophene rings is 1. The number of piperidine rings is 1. The third kappa shape index (κ3) is 4.68. The molecule has 0 spiro atoms. The van der Waals surface area contributed by atoms with Crippen LogP contribution in [0.1, 0.15) is 23.3 Å². The lowest BCUT2D eigenvalue weighted by Gasteiger charge is -2.35. The second-order valence-corrected chi connectivity index (χ2v) is 10.3. The molecule has 0 amide bonds. The van der Waals surface area contributed by atoms with Gasteiger partial charge in [-0.3, -0.25) is 4.90 Å². The topological polar surface area (TPSA) is 83.6 Å². The fourth-order valence-corrected chi connectivity index (χ4v) is 6.04. The van der Waals surface area contributed by atoms with Crippen LogP contribution in [-0.4, -0.2) is 84.3 Å². The van der Waals surface area contributed by atoms with Gasteiger partial charge in [0.15, 0.2) is 11.6 Å². The Morgan fingerprint density at radius 3 is 2.61 bits per heavy atom. The molecule has 2 aliphatic heterocycles. The summed E-state index contributed by atoms with van der Waals surface area (Å²) in [6, 6.07) is 4.38. The number of fused-ring (bicyclic) bond motifs is 1. The van der Waals surface area contributed by atoms with Crippen molar-refractivity contribution in [2.75, 3.05) is 64.1 Å². The second kappa shape index (κ2) is 9.50. The van der Waals surface area contributed by atoms with Gasteiger partial charge in [-0.05, 0) is 64.6 Å². The maximum Gasteiger partial charge on any atom is 0.163 e. The van der Waals surface area contributed by atoms with Crippen LogP contribution < -0.4 is 10.6 Å². The smallest absolute Gasteiger partial charge is 0.163 e. The molecular formula is C24H33N7OS. The van der Waals surface area contributed by atoms with Crippen LogP contribution in [0.15, 0.2) is 18.3 Å². The summed E-state index contributed by atoms with van der Waals surface area (Å²) in [6.45, 7) is 8.62. The van der Waals surface area contributed by atoms with E-state index in [4.69, 9.17) is 20.4 Å². The zero-order valence-electron chi connectivity index (χ0n) is 19.8. The van der Waals surface area contributed by atoms with Gasteiger partial charge in [0.1, 0.15) is 5.82 Å². The van der Waals surface area contributed by atoms with E-state index in [-0.39, 0.29) is 0 Å². The Hall–Kier alpha value is -2.33. The first-order chi connectivity index (χ1) is 16.0. The molecule has 3 aromatic heterocycles. The van der Waals surface area contributed by atoms with Gasteiger partial charge in [-0.1, -0.05) is 0 Å². The van der Waals surface area contributed by atoms with Crippen LogP contribution in [0.2, 0.25) is 0 Å². The van der Waals surface area contributed by atoms with Crippen LogP contribution >= 0.6 is 11.3 Å². The number of ether oxygens (including phenoxy) is 1. The summed E-state index contributed by atoms with van der Waals surface area (Å²) < 4.78 is 6.78. The largest absolute Gasteiger partial charge is 0.384 e. The molecule has 9 heteroatoms. The van der Waals surface area contributed by atoms with Gasteiger partial charge in [-0.2, -0.15) is 0 Å². The van der Waals surface area contributed by atoms with E-state index in [1.54, 1.807) is 12.3 Å². The molecule has 3 aromatic rings. The van der Waals surface area contributed by atoms with Gasteiger partial charge in [0.25, 0.3) is 0 Å². The lowest BCUT2D eigenvalue weighted by atomic mass is 10.0. The van der Waals surface area contributed by atoms with Crippen LogP contribution in [0.25, 0.3) is 21.6 Å². The third-order valence-electron chi connectivity index (χ3n) is 6.91. The molecule has 5 heterocycles. The van der Waals surface area contributed by atoms with Crippen molar-refractivity contribution >= 4 is 33.2 Å². The molecule has 0 unspecified atom stereocenters. The Kier molecular flexibility index (Phi) is 6.47. The molecule has 0 aliphatic carbocycles. The number of hydrogen-bond acceptors (Lipinski definition) is 9. The number of nitrogens with two attached hydrogens (primary N) is 1. The van der Waals surface area contributed by atoms with Gasteiger partial charge in [-0.25, -0.2) is 15.0 Å². The molecule has 176 valence electrons. The highest BCUT2D eigenvalue weighted by molar-refractivity contribution is 7.19. The van der Waals surface area contributed by atoms with E-state index in [0.29, 0.717) is 17.7 Å². The third-order valence-corrected chi connectivity index (χ3v) is 8.17. The summed E-state index contributed by atoms with van der Waals surface area (Å²) in [7, 11) is 4.48. The maximum atomic E-state index is 5.81. The number of pyridine rings is 1. The van der Waals surface area contributed by atoms with E-state index in [1.165, 1.54) is 41.1 Å². The standard InChI is InChI=1S/C24H33N7OS/c1-16-19(15-30(3)18-6-8-29(2)9-7-18)33-22-21(16)27-23(17-4-5-20(25)26-14-17)28-24(22)31-10-12-32-13-11-31/h4-5,14,18H,6-13,15H2,1-3H3,(H2,25,26). The molecule has 5 rings (SSSR count). The Labute approximate surface area is 199 Å². The van der Waals surface area contributed by atoms with Crippen molar-refractivity contribution < 1.29 is 4.74 Å². The Morgan fingerprint density at radius 2 is 1.91 bits per heavy atom. The number of likely N-dealkylation sites (tertiary alicyclic amines) is 1. The van der Waals surface area contributed by atoms with Gasteiger partial charge in [0, 0.05) is 42.3 Å². The SMILES string of the molecule is Cc1c(CN(C)C2CCN(C)CC2)sc2c(N3CCOCC3)nc(-c3ccc(N)nc3)nc12. The summed E-state index contributed by atoms with van der Waals surface area (Å²) in [4.78, 5) is 23.0. The van der Waals surface area contributed by atoms with E-state index in [1.807, 2.05) is 17.4 Å². The van der Waals surface area contributed by atoms with Gasteiger partial charge in [-0.15, -0.1) is 11.3 Å². The predicted molar refractivity (Wildman–Crippen MR) is 135 cm³/mol. The van der Waals surface area contributed by atoms with E-state index in [0.717, 1.165) is 49.7 Å². The molecule has 2 aliphatic rings. The van der Waals surface area contributed by atoms with Gasteiger partial charge in [0.05, 0.1) is 23.4 Å². The maximum absolute atomic E-state index is 5.81. The summed E-state index contributed by atoms with van der Waals surface area (Å²) >= 11 is 1.85. The minimum Gasteiger partial charge on any atom is -0.384 e. The van der Waals surface area contributed by atoms with Crippen LogP contribution in [0, 0.1) is 6.92 Å². The number of aryl methyl sites for hydroxylation is 1. The average Bonchev–Trinajstić information content (AvgIpc) is 3.15. The minimum atomic E-state index is 0.499. The molecule has 33 heavy (non-hydrogen) atoms. The Balaban J connectivity index is 1.52. The number of nitrogens with zero attached hydrogens (tertiary/aromatic N) is 6. The van der Waals surface area contributed by atoms with E-state index in [9.17, 15) is 0 Å². The summed E-state index contributed by atoms with van der Waals surface area (Å²) in [5, 5.41) is 0. The van der Waals surface area contributed by atoms with Crippen molar-refractivity contribution in [2.24, 2.45) is 0 Å². The van der Waals surface area contributed by atoms with Crippen molar-refractivity contribution in [3.05, 3.63) is 28.8 Å². The summed E-state index contributed by atoms with van der Waals surface area (Å²) in [6.07, 6.45) is 4.21. The van der Waals surface area contributed by atoms with Gasteiger partial charge < -0.3 is 20.3 Å². The second-order valence-electron chi connectivity index (χ2n) is 9.22. The number of nitrogen functional groups attached to an aromatic ring is 1. The molecule has 8 nitrogen and oxygen atoms in total. The number of aromatic nitrogens is 3. The molecule has 0 bridgehead atoms. The highest BCUT2D eigenvalue weighted by Gasteiger charge is 2.25. The number of hydrogen-bond donors (Lipinski definition) is 1. The van der Waals surface area contributed by atoms with Crippen molar-refractivity contribution in [3.63, 3.8) is 0 Å². The Morgan fingerprint density at radius 1 is 1.15 bits per heavy atom. The van der Waals surface area contributed by atoms with E-state index in [2.05, 4.69) is 40.7 Å². The fraction of sp³-hybridized carbons (Fsp3) is 0.542. The van der Waals surface area contributed by atoms with Crippen molar-refractivity contribution in [2.45, 2.75) is 32.4 Å². The monoisotopic (exact) mass is 467 g/mol. The van der Waals surface area contributed by atoms with Crippen LogP contribution in [-0.2, 0) is 11.3 Å². The zero-order valence-corrected chi connectivity index (χ0v) is 20.6. The first kappa shape index (κ1) is 22.5. The van der Waals surface area contributed by atoms with Crippen LogP contribution in [0.3, 0.4) is 0 Å². The number of morpholine rings is 1. The predicted octanol–water partition coefficient (Wildman–Crippen LogP) is 3.01. The van der Waals surface area contributed by atoms with Crippen molar-refractivity contribution in [3.8, 4) is 11.4 Å². The van der Waals surface area contributed by atoms with Gasteiger partial charge >= 0.3 is 0 Å². The first-order valence-corrected chi connectivity index (χ1v) is 12.5. The number of rotatable bonds is 5. The molecule has 2 N–H and O–H groups in total. The minimum absolute atomic E-state index is 0.499. The lowest BCUT2D eigenvalue weighted by molar-refractivity contribution is 0.122. The highest BCUT2D eigenvalue weighted by atomic mass is 32.1. The lowest BCUT2D eigenvalue weighted by Crippen LogP contribution is -2.41. The molecule has 2 fully saturated rings. The zero-order chi connectivity index (χ0) is 22.9. The van der Waals surface area contributed by atoms with Crippen molar-refractivity contribution in [1.82, 2.24) is 24.8 Å². The Bertz CT molecular complexity index is 1100. The van der Waals surface area contributed by atoms with Crippen molar-refractivity contribution in [1.29, 1.82) is 0 Å². The van der Waals surface area contributed by atoms with E-state index >= 15 is 0 Å². The molecule has 0 atom stereocenters. The fourth-order valence-electron chi connectivity index (χ4n) is 4.72. The highest BCUT2D eigenvalue weighted by Crippen LogP contribution is 2.38. The molecule has 0 aromatic carbocycles. The normalized spacial score (nSPS) is 18.5. The number of anilines is 2. The first-order valence-electron chi connectivity index (χ1n) is 11.7. The molecule has 0 saturated carbocycles. The van der Waals surface area contributed by atoms with E-state index < -0.39 is 0 Å². The quantitative estimate of drug-likeness (QED) is 0.613.